The van der Waals surface area contributed by atoms with Crippen molar-refractivity contribution in [3.05, 3.63) is 35.9 Å². The fourth-order valence-corrected chi connectivity index (χ4v) is 1.24. The third-order valence-corrected chi connectivity index (χ3v) is 1.82. The van der Waals surface area contributed by atoms with Gasteiger partial charge in [0.25, 0.3) is 0 Å². The van der Waals surface area contributed by atoms with Gasteiger partial charge in [-0.15, -0.1) is 5.73 Å². The van der Waals surface area contributed by atoms with Crippen molar-refractivity contribution >= 4 is 5.71 Å². The quantitative estimate of drug-likeness (QED) is 0.500. The molecule has 3 heteroatoms. The summed E-state index contributed by atoms with van der Waals surface area (Å²) in [6.45, 7) is 12.6. The number of rotatable bonds is 1. The molecule has 17 heavy (non-hydrogen) atoms. The van der Waals surface area contributed by atoms with E-state index in [2.05, 4.69) is 38.1 Å². The Kier molecular flexibility index (Phi) is 10.2. The maximum absolute atomic E-state index is 7.12. The zero-order chi connectivity index (χ0) is 12.6. The maximum atomic E-state index is 7.12. The zero-order valence-corrected chi connectivity index (χ0v) is 12.2. The number of nitrogens with one attached hydrogen (secondary N) is 1. The van der Waals surface area contributed by atoms with Crippen LogP contribution in [0.4, 0.5) is 0 Å². The van der Waals surface area contributed by atoms with Crippen LogP contribution in [0.25, 0.3) is 5.73 Å². The predicted octanol–water partition coefficient (Wildman–Crippen LogP) is 4.55. The Morgan fingerprint density at radius 1 is 1.47 bits per heavy atom. The molecule has 2 nitrogen and oxygen atoms in total. The molecular formula is C14H23CuN2. The molecule has 0 saturated carbocycles. The molecule has 0 spiro atoms. The van der Waals surface area contributed by atoms with E-state index in [9.17, 15) is 0 Å². The molecular weight excluding hydrogens is 260 g/mol. The summed E-state index contributed by atoms with van der Waals surface area (Å²) in [7, 11) is 0. The molecule has 0 aromatic heterocycles. The fraction of sp³-hybridized carbons (Fsp3) is 0.571. The molecule has 0 atom stereocenters. The van der Waals surface area contributed by atoms with Crippen molar-refractivity contribution < 1.29 is 17.1 Å². The van der Waals surface area contributed by atoms with Gasteiger partial charge in [0.05, 0.1) is 0 Å². The molecule has 0 aromatic carbocycles. The van der Waals surface area contributed by atoms with Crippen molar-refractivity contribution in [3.8, 4) is 0 Å². The van der Waals surface area contributed by atoms with E-state index < -0.39 is 0 Å². The number of hydrogen-bond acceptors (Lipinski definition) is 1. The zero-order valence-electron chi connectivity index (χ0n) is 11.2. The Bertz CT molecular complexity index is 312. The van der Waals surface area contributed by atoms with Crippen LogP contribution in [0.5, 0.6) is 0 Å². The smallest absolute Gasteiger partial charge is 0.702 e. The minimum absolute atomic E-state index is 0. The third kappa shape index (κ3) is 13.2. The Labute approximate surface area is 116 Å². The van der Waals surface area contributed by atoms with Crippen LogP contribution in [0.3, 0.4) is 0 Å². The summed E-state index contributed by atoms with van der Waals surface area (Å²) >= 11 is 0. The molecule has 100 valence electrons. The molecule has 0 aliphatic carbocycles. The van der Waals surface area contributed by atoms with Crippen LogP contribution in [0.15, 0.2) is 35.2 Å². The van der Waals surface area contributed by atoms with Gasteiger partial charge in [-0.3, -0.25) is 4.99 Å². The van der Waals surface area contributed by atoms with Gasteiger partial charge in [-0.25, -0.2) is 0 Å². The second-order valence-corrected chi connectivity index (χ2v) is 5.02. The van der Waals surface area contributed by atoms with E-state index in [4.69, 9.17) is 5.73 Å². The van der Waals surface area contributed by atoms with Gasteiger partial charge < -0.3 is 5.73 Å². The molecule has 1 rings (SSSR count). The molecule has 1 heterocycles. The van der Waals surface area contributed by atoms with Gasteiger partial charge in [0, 0.05) is 12.3 Å². The number of hydrogen-bond donors (Lipinski definition) is 0. The Balaban J connectivity index is 0. The minimum Gasteiger partial charge on any atom is -0.702 e. The van der Waals surface area contributed by atoms with Crippen LogP contribution in [-0.2, 0) is 17.1 Å². The SMILES string of the molecule is C/C([NH-])=C/C1=NCCC1.C=C=CC(C)(C)C.[Cu+]. The maximum Gasteiger partial charge on any atom is 1.00 e. The van der Waals surface area contributed by atoms with Gasteiger partial charge >= 0.3 is 17.1 Å². The van der Waals surface area contributed by atoms with Gasteiger partial charge in [-0.2, -0.15) is 5.70 Å². The van der Waals surface area contributed by atoms with Crippen molar-refractivity contribution in [3.63, 3.8) is 0 Å². The molecule has 0 unspecified atom stereocenters. The summed E-state index contributed by atoms with van der Waals surface area (Å²) in [6.07, 6.45) is 6.02. The standard InChI is InChI=1S/C7H11N2.C7H12.Cu/c1-6(8)5-7-3-2-4-9-7;1-5-6-7(2,3)4;/h5,8H,2-4H2,1H3;6H,1H2,2-4H3;/q-1;;+1/b6-5-;;. The van der Waals surface area contributed by atoms with Gasteiger partial charge in [0.1, 0.15) is 0 Å². The molecule has 0 bridgehead atoms. The first-order valence-corrected chi connectivity index (χ1v) is 5.65. The van der Waals surface area contributed by atoms with Crippen molar-refractivity contribution in [2.75, 3.05) is 6.54 Å². The Hall–Kier alpha value is -0.751. The molecule has 1 N–H and O–H groups in total. The largest absolute Gasteiger partial charge is 1.00 e. The molecule has 1 aliphatic heterocycles. The van der Waals surface area contributed by atoms with Crippen molar-refractivity contribution in [2.24, 2.45) is 10.4 Å². The third-order valence-electron chi connectivity index (χ3n) is 1.82. The molecule has 0 aromatic rings. The van der Waals surface area contributed by atoms with Gasteiger partial charge in [-0.1, -0.05) is 40.3 Å². The topological polar surface area (TPSA) is 36.2 Å². The first-order chi connectivity index (χ1) is 7.35. The summed E-state index contributed by atoms with van der Waals surface area (Å²) in [5.74, 6) is 0. The first kappa shape index (κ1) is 18.6. The van der Waals surface area contributed by atoms with Crippen LogP contribution >= 0.6 is 0 Å². The van der Waals surface area contributed by atoms with Gasteiger partial charge in [-0.05, 0) is 24.3 Å². The molecule has 0 fully saturated rings. The monoisotopic (exact) mass is 282 g/mol. The normalized spacial score (nSPS) is 14.8. The van der Waals surface area contributed by atoms with Crippen LogP contribution in [0.1, 0.15) is 40.5 Å². The van der Waals surface area contributed by atoms with Crippen LogP contribution in [0, 0.1) is 5.41 Å². The summed E-state index contributed by atoms with van der Waals surface area (Å²) < 4.78 is 0. The van der Waals surface area contributed by atoms with Crippen LogP contribution in [-0.4, -0.2) is 12.3 Å². The molecule has 1 aliphatic rings. The Morgan fingerprint density at radius 3 is 2.29 bits per heavy atom. The molecule has 0 saturated heterocycles. The van der Waals surface area contributed by atoms with Crippen molar-refractivity contribution in [2.45, 2.75) is 40.5 Å². The van der Waals surface area contributed by atoms with E-state index in [1.165, 1.54) is 6.42 Å². The van der Waals surface area contributed by atoms with Gasteiger partial charge in [0.2, 0.25) is 0 Å². The summed E-state index contributed by atoms with van der Waals surface area (Å²) in [4.78, 5) is 4.20. The van der Waals surface area contributed by atoms with E-state index in [1.807, 2.05) is 12.2 Å². The fourth-order valence-electron chi connectivity index (χ4n) is 1.24. The average Bonchev–Trinajstić information content (AvgIpc) is 2.54. The van der Waals surface area contributed by atoms with E-state index in [0.29, 0.717) is 5.70 Å². The predicted molar refractivity (Wildman–Crippen MR) is 72.8 cm³/mol. The van der Waals surface area contributed by atoms with E-state index in [1.54, 1.807) is 6.92 Å². The second kappa shape index (κ2) is 9.30. The molecule has 0 amide bonds. The van der Waals surface area contributed by atoms with Crippen LogP contribution in [0.2, 0.25) is 0 Å². The van der Waals surface area contributed by atoms with E-state index >= 15 is 0 Å². The summed E-state index contributed by atoms with van der Waals surface area (Å²) in [5, 5.41) is 0. The minimum atomic E-state index is 0. The van der Waals surface area contributed by atoms with E-state index in [0.717, 1.165) is 18.7 Å². The first-order valence-electron chi connectivity index (χ1n) is 5.65. The van der Waals surface area contributed by atoms with Gasteiger partial charge in [0.15, 0.2) is 0 Å². The van der Waals surface area contributed by atoms with Crippen molar-refractivity contribution in [1.29, 1.82) is 0 Å². The number of nitrogens with zero attached hydrogens (tertiary/aromatic N) is 1. The summed E-state index contributed by atoms with van der Waals surface area (Å²) in [6, 6.07) is 0. The second-order valence-electron chi connectivity index (χ2n) is 5.02. The van der Waals surface area contributed by atoms with Crippen LogP contribution < -0.4 is 0 Å². The summed E-state index contributed by atoms with van der Waals surface area (Å²) in [5.41, 5.74) is 11.8. The van der Waals surface area contributed by atoms with Crippen molar-refractivity contribution in [1.82, 2.24) is 0 Å². The number of aliphatic imine (C=N–C) groups is 1. The van der Waals surface area contributed by atoms with E-state index in [-0.39, 0.29) is 22.5 Å². The Morgan fingerprint density at radius 2 is 2.06 bits per heavy atom. The average molecular weight is 283 g/mol. The molecule has 0 radical (unpaired) electrons. The number of allylic oxidation sites excluding steroid dienone is 3.